The summed E-state index contributed by atoms with van der Waals surface area (Å²) in [5, 5.41) is 7.53. The third-order valence-electron chi connectivity index (χ3n) is 4.35. The second-order valence-corrected chi connectivity index (χ2v) is 6.87. The molecule has 1 amide bonds. The molecule has 1 atom stereocenters. The molecule has 5 heteroatoms. The number of methoxy groups -OCH3 is 1. The van der Waals surface area contributed by atoms with Crippen LogP contribution in [0.15, 0.2) is 18.2 Å². The van der Waals surface area contributed by atoms with Crippen molar-refractivity contribution in [3.63, 3.8) is 0 Å². The second kappa shape index (κ2) is 6.67. The summed E-state index contributed by atoms with van der Waals surface area (Å²) in [6.45, 7) is 4.95. The van der Waals surface area contributed by atoms with Gasteiger partial charge in [0.25, 0.3) is 5.91 Å². The summed E-state index contributed by atoms with van der Waals surface area (Å²) in [5.74, 6) is 1.57. The van der Waals surface area contributed by atoms with E-state index in [-0.39, 0.29) is 5.91 Å². The number of carbonyl (C=O) groups excluding carboxylic acids is 1. The van der Waals surface area contributed by atoms with Crippen LogP contribution in [-0.2, 0) is 0 Å². The Morgan fingerprint density at radius 2 is 2.36 bits per heavy atom. The molecule has 2 N–H and O–H groups in total. The molecule has 1 aromatic carbocycles. The second-order valence-electron chi connectivity index (χ2n) is 5.82. The first-order valence-corrected chi connectivity index (χ1v) is 8.56. The van der Waals surface area contributed by atoms with Gasteiger partial charge < -0.3 is 15.4 Å². The quantitative estimate of drug-likeness (QED) is 0.891. The van der Waals surface area contributed by atoms with Gasteiger partial charge in [-0.1, -0.05) is 0 Å². The monoisotopic (exact) mass is 318 g/mol. The number of amides is 1. The van der Waals surface area contributed by atoms with E-state index in [1.165, 1.54) is 6.42 Å². The molecule has 2 aromatic rings. The van der Waals surface area contributed by atoms with Crippen molar-refractivity contribution in [1.29, 1.82) is 0 Å². The lowest BCUT2D eigenvalue weighted by Crippen LogP contribution is -2.26. The number of ether oxygens (including phenoxy) is 1. The van der Waals surface area contributed by atoms with E-state index in [1.807, 2.05) is 25.1 Å². The minimum absolute atomic E-state index is 0.0450. The number of benzene rings is 1. The first kappa shape index (κ1) is 15.3. The zero-order chi connectivity index (χ0) is 15.5. The standard InChI is InChI=1S/C17H22N2O2S/c1-11-14-9-13(21-2)3-4-15(14)22-16(11)17(20)19-8-6-12-5-7-18-10-12/h3-4,9,12,18H,5-8,10H2,1-2H3,(H,19,20). The molecule has 1 unspecified atom stereocenters. The summed E-state index contributed by atoms with van der Waals surface area (Å²) in [7, 11) is 1.66. The Morgan fingerprint density at radius 1 is 1.50 bits per heavy atom. The van der Waals surface area contributed by atoms with Crippen molar-refractivity contribution in [2.45, 2.75) is 19.8 Å². The number of nitrogens with one attached hydrogen (secondary N) is 2. The Hall–Kier alpha value is -1.59. The molecule has 0 radical (unpaired) electrons. The van der Waals surface area contributed by atoms with Crippen molar-refractivity contribution in [3.05, 3.63) is 28.6 Å². The highest BCUT2D eigenvalue weighted by atomic mass is 32.1. The molecular weight excluding hydrogens is 296 g/mol. The molecule has 0 spiro atoms. The van der Waals surface area contributed by atoms with Crippen molar-refractivity contribution < 1.29 is 9.53 Å². The summed E-state index contributed by atoms with van der Waals surface area (Å²) in [6.07, 6.45) is 2.27. The van der Waals surface area contributed by atoms with E-state index in [1.54, 1.807) is 18.4 Å². The maximum absolute atomic E-state index is 12.4. The topological polar surface area (TPSA) is 50.4 Å². The van der Waals surface area contributed by atoms with Gasteiger partial charge in [-0.05, 0) is 67.9 Å². The molecule has 0 bridgehead atoms. The Balaban J connectivity index is 1.69. The van der Waals surface area contributed by atoms with Crippen molar-refractivity contribution in [2.75, 3.05) is 26.7 Å². The highest BCUT2D eigenvalue weighted by Crippen LogP contribution is 2.33. The van der Waals surface area contributed by atoms with Gasteiger partial charge >= 0.3 is 0 Å². The maximum Gasteiger partial charge on any atom is 0.261 e. The molecular formula is C17H22N2O2S. The zero-order valence-corrected chi connectivity index (χ0v) is 13.9. The summed E-state index contributed by atoms with van der Waals surface area (Å²) in [5.41, 5.74) is 1.04. The van der Waals surface area contributed by atoms with Gasteiger partial charge in [0.05, 0.1) is 12.0 Å². The number of hydrogen-bond acceptors (Lipinski definition) is 4. The highest BCUT2D eigenvalue weighted by Gasteiger charge is 2.17. The Labute approximate surface area is 134 Å². The van der Waals surface area contributed by atoms with E-state index < -0.39 is 0 Å². The minimum atomic E-state index is 0.0450. The van der Waals surface area contributed by atoms with E-state index in [9.17, 15) is 4.79 Å². The molecule has 1 aromatic heterocycles. The SMILES string of the molecule is COc1ccc2sc(C(=O)NCCC3CCNC3)c(C)c2c1. The van der Waals surface area contributed by atoms with Crippen LogP contribution in [0.4, 0.5) is 0 Å². The Morgan fingerprint density at radius 3 is 3.09 bits per heavy atom. The van der Waals surface area contributed by atoms with Gasteiger partial charge in [-0.2, -0.15) is 0 Å². The van der Waals surface area contributed by atoms with E-state index in [0.29, 0.717) is 5.92 Å². The van der Waals surface area contributed by atoms with Gasteiger partial charge in [0.15, 0.2) is 0 Å². The molecule has 1 saturated heterocycles. The third kappa shape index (κ3) is 3.10. The lowest BCUT2D eigenvalue weighted by molar-refractivity contribution is 0.0955. The Bertz CT molecular complexity index is 675. The third-order valence-corrected chi connectivity index (χ3v) is 5.62. The molecule has 1 aliphatic heterocycles. The zero-order valence-electron chi connectivity index (χ0n) is 13.1. The number of thiophene rings is 1. The van der Waals surface area contributed by atoms with Crippen LogP contribution in [-0.4, -0.2) is 32.7 Å². The summed E-state index contributed by atoms with van der Waals surface area (Å²) < 4.78 is 6.40. The predicted molar refractivity (Wildman–Crippen MR) is 91.0 cm³/mol. The summed E-state index contributed by atoms with van der Waals surface area (Å²) in [4.78, 5) is 13.2. The summed E-state index contributed by atoms with van der Waals surface area (Å²) >= 11 is 1.55. The van der Waals surface area contributed by atoms with Crippen LogP contribution in [0.1, 0.15) is 28.1 Å². The van der Waals surface area contributed by atoms with Crippen LogP contribution in [0.2, 0.25) is 0 Å². The van der Waals surface area contributed by atoms with Gasteiger partial charge in [0.1, 0.15) is 5.75 Å². The van der Waals surface area contributed by atoms with Gasteiger partial charge in [-0.25, -0.2) is 0 Å². The van der Waals surface area contributed by atoms with Gasteiger partial charge in [-0.15, -0.1) is 11.3 Å². The molecule has 118 valence electrons. The van der Waals surface area contributed by atoms with Crippen LogP contribution < -0.4 is 15.4 Å². The van der Waals surface area contributed by atoms with Crippen molar-refractivity contribution in [2.24, 2.45) is 5.92 Å². The van der Waals surface area contributed by atoms with Crippen LogP contribution in [0.25, 0.3) is 10.1 Å². The molecule has 1 aliphatic rings. The lowest BCUT2D eigenvalue weighted by atomic mass is 10.1. The van der Waals surface area contributed by atoms with Gasteiger partial charge in [0, 0.05) is 11.2 Å². The molecule has 4 nitrogen and oxygen atoms in total. The van der Waals surface area contributed by atoms with Crippen LogP contribution in [0.3, 0.4) is 0 Å². The average molecular weight is 318 g/mol. The number of rotatable bonds is 5. The summed E-state index contributed by atoms with van der Waals surface area (Å²) in [6, 6.07) is 5.96. The van der Waals surface area contributed by atoms with Crippen molar-refractivity contribution in [1.82, 2.24) is 10.6 Å². The number of fused-ring (bicyclic) bond motifs is 1. The van der Waals surface area contributed by atoms with E-state index >= 15 is 0 Å². The number of aryl methyl sites for hydroxylation is 1. The predicted octanol–water partition coefficient (Wildman–Crippen LogP) is 2.95. The van der Waals surface area contributed by atoms with Crippen molar-refractivity contribution in [3.8, 4) is 5.75 Å². The van der Waals surface area contributed by atoms with Crippen molar-refractivity contribution >= 4 is 27.3 Å². The molecule has 0 aliphatic carbocycles. The van der Waals surface area contributed by atoms with Gasteiger partial charge in [0.2, 0.25) is 0 Å². The molecule has 22 heavy (non-hydrogen) atoms. The maximum atomic E-state index is 12.4. The fraction of sp³-hybridized carbons (Fsp3) is 0.471. The molecule has 2 heterocycles. The first-order chi connectivity index (χ1) is 10.7. The normalized spacial score (nSPS) is 17.8. The smallest absolute Gasteiger partial charge is 0.261 e. The van der Waals surface area contributed by atoms with Crippen LogP contribution in [0.5, 0.6) is 5.75 Å². The van der Waals surface area contributed by atoms with Gasteiger partial charge in [-0.3, -0.25) is 4.79 Å². The number of carbonyl (C=O) groups is 1. The molecule has 0 saturated carbocycles. The Kier molecular flexibility index (Phi) is 4.64. The van der Waals surface area contributed by atoms with Crippen LogP contribution in [0, 0.1) is 12.8 Å². The molecule has 3 rings (SSSR count). The fourth-order valence-corrected chi connectivity index (χ4v) is 4.08. The van der Waals surface area contributed by atoms with E-state index in [2.05, 4.69) is 10.6 Å². The van der Waals surface area contributed by atoms with Crippen LogP contribution >= 0.6 is 11.3 Å². The van der Waals surface area contributed by atoms with E-state index in [0.717, 1.165) is 52.3 Å². The lowest BCUT2D eigenvalue weighted by Gasteiger charge is -2.09. The number of hydrogen-bond donors (Lipinski definition) is 2. The molecule has 1 fully saturated rings. The highest BCUT2D eigenvalue weighted by molar-refractivity contribution is 7.21. The minimum Gasteiger partial charge on any atom is -0.497 e. The fourth-order valence-electron chi connectivity index (χ4n) is 2.97. The largest absolute Gasteiger partial charge is 0.497 e. The van der Waals surface area contributed by atoms with E-state index in [4.69, 9.17) is 4.74 Å². The first-order valence-electron chi connectivity index (χ1n) is 7.75. The average Bonchev–Trinajstić information content (AvgIpc) is 3.15.